The van der Waals surface area contributed by atoms with Crippen molar-refractivity contribution in [1.29, 1.82) is 0 Å². The molecule has 0 radical (unpaired) electrons. The van der Waals surface area contributed by atoms with E-state index in [1.807, 2.05) is 19.1 Å². The van der Waals surface area contributed by atoms with Crippen molar-refractivity contribution in [3.8, 4) is 6.01 Å². The van der Waals surface area contributed by atoms with Crippen LogP contribution in [0.1, 0.15) is 18.9 Å². The molecule has 0 bridgehead atoms. The summed E-state index contributed by atoms with van der Waals surface area (Å²) in [5.41, 5.74) is 0.957. The van der Waals surface area contributed by atoms with Gasteiger partial charge in [0.1, 0.15) is 0 Å². The van der Waals surface area contributed by atoms with Crippen molar-refractivity contribution in [3.05, 3.63) is 24.0 Å². The van der Waals surface area contributed by atoms with E-state index in [0.717, 1.165) is 12.0 Å². The monoisotopic (exact) mass is 212 g/mol. The topological polar surface area (TPSA) is 35.0 Å². The van der Waals surface area contributed by atoms with Crippen LogP contribution in [0.3, 0.4) is 0 Å². The van der Waals surface area contributed by atoms with Gasteiger partial charge in [0.2, 0.25) is 0 Å². The first kappa shape index (κ1) is 11.0. The van der Waals surface area contributed by atoms with E-state index < -0.39 is 0 Å². The van der Waals surface area contributed by atoms with Gasteiger partial charge < -0.3 is 4.74 Å². The Bertz CT molecular complexity index is 285. The lowest BCUT2D eigenvalue weighted by Crippen LogP contribution is -1.96. The first-order valence-corrected chi connectivity index (χ1v) is 5.07. The van der Waals surface area contributed by atoms with Crippen LogP contribution in [0, 0.1) is 0 Å². The number of halogens is 1. The Labute approximate surface area is 88.8 Å². The molecule has 1 aromatic rings. The lowest BCUT2D eigenvalue weighted by Gasteiger charge is -1.99. The van der Waals surface area contributed by atoms with Crippen molar-refractivity contribution in [2.24, 2.45) is 0 Å². The maximum atomic E-state index is 5.53. The molecule has 1 rings (SSSR count). The van der Waals surface area contributed by atoms with Crippen molar-refractivity contribution in [2.75, 3.05) is 12.5 Å². The minimum absolute atomic E-state index is 0.419. The van der Waals surface area contributed by atoms with Gasteiger partial charge >= 0.3 is 6.01 Å². The van der Waals surface area contributed by atoms with Gasteiger partial charge in [-0.25, -0.2) is 9.97 Å². The molecule has 0 unspecified atom stereocenters. The fourth-order valence-corrected chi connectivity index (χ4v) is 1.02. The number of aromatic nitrogens is 2. The second kappa shape index (κ2) is 6.38. The van der Waals surface area contributed by atoms with E-state index in [4.69, 9.17) is 16.3 Å². The zero-order valence-electron chi connectivity index (χ0n) is 8.11. The van der Waals surface area contributed by atoms with Gasteiger partial charge in [0, 0.05) is 23.8 Å². The van der Waals surface area contributed by atoms with Gasteiger partial charge in [-0.05, 0) is 13.3 Å². The molecule has 0 amide bonds. The van der Waals surface area contributed by atoms with Crippen LogP contribution in [-0.2, 0) is 0 Å². The van der Waals surface area contributed by atoms with Crippen molar-refractivity contribution in [3.63, 3.8) is 0 Å². The molecular formula is C10H13ClN2O. The normalized spacial score (nSPS) is 10.7. The smallest absolute Gasteiger partial charge is 0.316 e. The molecule has 0 aliphatic rings. The van der Waals surface area contributed by atoms with Crippen LogP contribution in [0.2, 0.25) is 0 Å². The van der Waals surface area contributed by atoms with Crippen LogP contribution >= 0.6 is 11.6 Å². The standard InChI is InChI=1S/C10H13ClN2O/c1-2-14-10-12-7-9(8-13-10)5-3-4-6-11/h3,5,7-8H,2,4,6H2,1H3. The number of hydrogen-bond acceptors (Lipinski definition) is 3. The molecule has 0 saturated heterocycles. The summed E-state index contributed by atoms with van der Waals surface area (Å²) in [6.45, 7) is 2.49. The van der Waals surface area contributed by atoms with E-state index >= 15 is 0 Å². The molecular weight excluding hydrogens is 200 g/mol. The molecule has 1 heterocycles. The van der Waals surface area contributed by atoms with Crippen LogP contribution in [0.5, 0.6) is 6.01 Å². The van der Waals surface area contributed by atoms with Gasteiger partial charge in [-0.15, -0.1) is 11.6 Å². The maximum Gasteiger partial charge on any atom is 0.316 e. The second-order valence-corrected chi connectivity index (χ2v) is 2.99. The van der Waals surface area contributed by atoms with Gasteiger partial charge in [-0.2, -0.15) is 0 Å². The van der Waals surface area contributed by atoms with E-state index in [-0.39, 0.29) is 0 Å². The Kier molecular flexibility index (Phi) is 5.00. The van der Waals surface area contributed by atoms with E-state index in [2.05, 4.69) is 9.97 Å². The van der Waals surface area contributed by atoms with Crippen molar-refractivity contribution in [2.45, 2.75) is 13.3 Å². The maximum absolute atomic E-state index is 5.53. The Balaban J connectivity index is 2.54. The summed E-state index contributed by atoms with van der Waals surface area (Å²) in [5, 5.41) is 0. The van der Waals surface area contributed by atoms with E-state index in [0.29, 0.717) is 18.5 Å². The molecule has 0 atom stereocenters. The predicted octanol–water partition coefficient (Wildman–Crippen LogP) is 2.52. The van der Waals surface area contributed by atoms with Gasteiger partial charge in [-0.1, -0.05) is 12.2 Å². The van der Waals surface area contributed by atoms with Crippen molar-refractivity contribution < 1.29 is 4.74 Å². The summed E-state index contributed by atoms with van der Waals surface area (Å²) in [7, 11) is 0. The van der Waals surface area contributed by atoms with E-state index in [9.17, 15) is 0 Å². The fraction of sp³-hybridized carbons (Fsp3) is 0.400. The average molecular weight is 213 g/mol. The molecule has 0 N–H and O–H groups in total. The van der Waals surface area contributed by atoms with Crippen LogP contribution < -0.4 is 4.74 Å². The predicted molar refractivity (Wildman–Crippen MR) is 57.6 cm³/mol. The number of alkyl halides is 1. The third-order valence-electron chi connectivity index (χ3n) is 1.51. The number of nitrogens with zero attached hydrogens (tertiary/aromatic N) is 2. The molecule has 14 heavy (non-hydrogen) atoms. The summed E-state index contributed by atoms with van der Waals surface area (Å²) >= 11 is 5.53. The first-order valence-electron chi connectivity index (χ1n) is 4.54. The number of hydrogen-bond donors (Lipinski definition) is 0. The zero-order chi connectivity index (χ0) is 10.2. The Hall–Kier alpha value is -1.09. The molecule has 0 aliphatic heterocycles. The molecule has 4 heteroatoms. The number of allylic oxidation sites excluding steroid dienone is 1. The summed E-state index contributed by atoms with van der Waals surface area (Å²) in [6.07, 6.45) is 8.24. The molecule has 0 fully saturated rings. The number of rotatable bonds is 5. The highest BCUT2D eigenvalue weighted by atomic mass is 35.5. The van der Waals surface area contributed by atoms with Crippen molar-refractivity contribution in [1.82, 2.24) is 9.97 Å². The SMILES string of the molecule is CCOc1ncc(C=CCCCl)cn1. The third kappa shape index (κ3) is 3.75. The van der Waals surface area contributed by atoms with Crippen LogP contribution in [0.25, 0.3) is 6.08 Å². The molecule has 0 aromatic carbocycles. The number of ether oxygens (including phenoxy) is 1. The minimum atomic E-state index is 0.419. The Morgan fingerprint density at radius 1 is 1.43 bits per heavy atom. The van der Waals surface area contributed by atoms with Crippen LogP contribution in [0.15, 0.2) is 18.5 Å². The molecule has 0 spiro atoms. The van der Waals surface area contributed by atoms with Crippen molar-refractivity contribution >= 4 is 17.7 Å². The Morgan fingerprint density at radius 3 is 2.71 bits per heavy atom. The molecule has 1 aromatic heterocycles. The van der Waals surface area contributed by atoms with Gasteiger partial charge in [0.15, 0.2) is 0 Å². The highest BCUT2D eigenvalue weighted by Crippen LogP contribution is 2.04. The van der Waals surface area contributed by atoms with Crippen LogP contribution in [-0.4, -0.2) is 22.5 Å². The minimum Gasteiger partial charge on any atom is -0.464 e. The summed E-state index contributed by atoms with van der Waals surface area (Å²) < 4.78 is 5.12. The summed E-state index contributed by atoms with van der Waals surface area (Å²) in [4.78, 5) is 8.06. The molecule has 0 aliphatic carbocycles. The lowest BCUT2D eigenvalue weighted by molar-refractivity contribution is 0.312. The molecule has 76 valence electrons. The summed E-state index contributed by atoms with van der Waals surface area (Å²) in [5.74, 6) is 0.633. The quantitative estimate of drug-likeness (QED) is 0.704. The van der Waals surface area contributed by atoms with E-state index in [1.165, 1.54) is 0 Å². The molecule has 0 saturated carbocycles. The first-order chi connectivity index (χ1) is 6.86. The largest absolute Gasteiger partial charge is 0.464 e. The lowest BCUT2D eigenvalue weighted by atomic mass is 10.3. The fourth-order valence-electron chi connectivity index (χ4n) is 0.898. The molecule has 3 nitrogen and oxygen atoms in total. The van der Waals surface area contributed by atoms with Crippen LogP contribution in [0.4, 0.5) is 0 Å². The highest BCUT2D eigenvalue weighted by Gasteiger charge is 1.93. The third-order valence-corrected chi connectivity index (χ3v) is 1.73. The second-order valence-electron chi connectivity index (χ2n) is 2.61. The van der Waals surface area contributed by atoms with E-state index in [1.54, 1.807) is 12.4 Å². The average Bonchev–Trinajstić information content (AvgIpc) is 2.21. The Morgan fingerprint density at radius 2 is 2.14 bits per heavy atom. The van der Waals surface area contributed by atoms with Gasteiger partial charge in [0.25, 0.3) is 0 Å². The summed E-state index contributed by atoms with van der Waals surface area (Å²) in [6, 6.07) is 0.419. The van der Waals surface area contributed by atoms with Gasteiger partial charge in [0.05, 0.1) is 6.61 Å². The zero-order valence-corrected chi connectivity index (χ0v) is 8.87. The van der Waals surface area contributed by atoms with Gasteiger partial charge in [-0.3, -0.25) is 0 Å². The highest BCUT2D eigenvalue weighted by molar-refractivity contribution is 6.17.